The number of carbonyl (C=O) groups is 2. The number of nitrogens with zero attached hydrogens (tertiary/aromatic N) is 1. The monoisotopic (exact) mass is 336 g/mol. The molecule has 1 aromatic carbocycles. The first-order chi connectivity index (χ1) is 11.5. The Morgan fingerprint density at radius 1 is 1.29 bits per heavy atom. The molecule has 0 spiro atoms. The third kappa shape index (κ3) is 3.97. The second kappa shape index (κ2) is 8.01. The largest absolute Gasteiger partial charge is 0.493 e. The Balaban J connectivity index is 2.08. The number of benzene rings is 1. The lowest BCUT2D eigenvalue weighted by molar-refractivity contribution is -0.127. The summed E-state index contributed by atoms with van der Waals surface area (Å²) in [6, 6.07) is 5.18. The van der Waals surface area contributed by atoms with Crippen molar-refractivity contribution in [2.24, 2.45) is 5.92 Å². The fourth-order valence-corrected chi connectivity index (χ4v) is 2.78. The molecule has 2 atom stereocenters. The first-order valence-electron chi connectivity index (χ1n) is 7.81. The summed E-state index contributed by atoms with van der Waals surface area (Å²) in [4.78, 5) is 26.2. The van der Waals surface area contributed by atoms with Crippen LogP contribution in [0.3, 0.4) is 0 Å². The summed E-state index contributed by atoms with van der Waals surface area (Å²) < 4.78 is 15.5. The molecule has 1 fully saturated rings. The second-order valence-corrected chi connectivity index (χ2v) is 5.81. The van der Waals surface area contributed by atoms with Gasteiger partial charge in [0.2, 0.25) is 11.8 Å². The van der Waals surface area contributed by atoms with Crippen LogP contribution in [0.1, 0.15) is 13.3 Å². The number of rotatable bonds is 7. The first kappa shape index (κ1) is 18.1. The molecule has 0 radical (unpaired) electrons. The zero-order chi connectivity index (χ0) is 17.7. The van der Waals surface area contributed by atoms with Gasteiger partial charge >= 0.3 is 0 Å². The lowest BCUT2D eigenvalue weighted by Crippen LogP contribution is -2.40. The molecule has 1 aromatic rings. The van der Waals surface area contributed by atoms with Crippen molar-refractivity contribution in [2.75, 3.05) is 39.4 Å². The molecule has 1 aliphatic rings. The normalized spacial score (nSPS) is 18.4. The molecule has 2 rings (SSSR count). The van der Waals surface area contributed by atoms with Gasteiger partial charge in [-0.1, -0.05) is 0 Å². The Hall–Kier alpha value is -2.28. The van der Waals surface area contributed by atoms with Crippen LogP contribution in [-0.4, -0.2) is 52.3 Å². The van der Waals surface area contributed by atoms with Gasteiger partial charge in [0, 0.05) is 37.9 Å². The number of amides is 2. The van der Waals surface area contributed by atoms with Gasteiger partial charge in [0.1, 0.15) is 0 Å². The van der Waals surface area contributed by atoms with Crippen LogP contribution in [0.5, 0.6) is 11.5 Å². The molecular weight excluding hydrogens is 312 g/mol. The van der Waals surface area contributed by atoms with Crippen molar-refractivity contribution >= 4 is 17.5 Å². The smallest absolute Gasteiger partial charge is 0.227 e. The molecular formula is C17H24N2O5. The molecule has 1 heterocycles. The van der Waals surface area contributed by atoms with Crippen LogP contribution < -0.4 is 19.7 Å². The lowest BCUT2D eigenvalue weighted by Gasteiger charge is -2.19. The van der Waals surface area contributed by atoms with Gasteiger partial charge in [0.15, 0.2) is 11.5 Å². The molecule has 7 heteroatoms. The van der Waals surface area contributed by atoms with Crippen LogP contribution in [0.25, 0.3) is 0 Å². The molecule has 1 aliphatic heterocycles. The predicted molar refractivity (Wildman–Crippen MR) is 89.5 cm³/mol. The average Bonchev–Trinajstić information content (AvgIpc) is 2.96. The molecule has 7 nitrogen and oxygen atoms in total. The Morgan fingerprint density at radius 2 is 2.00 bits per heavy atom. The van der Waals surface area contributed by atoms with Gasteiger partial charge in [-0.3, -0.25) is 9.59 Å². The van der Waals surface area contributed by atoms with Gasteiger partial charge < -0.3 is 24.4 Å². The highest BCUT2D eigenvalue weighted by atomic mass is 16.5. The number of carbonyl (C=O) groups excluding carboxylic acids is 2. The van der Waals surface area contributed by atoms with E-state index in [2.05, 4.69) is 5.32 Å². The van der Waals surface area contributed by atoms with E-state index in [0.29, 0.717) is 30.3 Å². The maximum atomic E-state index is 12.3. The lowest BCUT2D eigenvalue weighted by atomic mass is 10.1. The molecule has 1 N–H and O–H groups in total. The number of hydrogen-bond acceptors (Lipinski definition) is 5. The Bertz CT molecular complexity index is 605. The van der Waals surface area contributed by atoms with Crippen LogP contribution in [0.4, 0.5) is 5.69 Å². The molecule has 0 unspecified atom stereocenters. The van der Waals surface area contributed by atoms with Crippen molar-refractivity contribution in [2.45, 2.75) is 19.4 Å². The highest BCUT2D eigenvalue weighted by Gasteiger charge is 2.35. The summed E-state index contributed by atoms with van der Waals surface area (Å²) in [6.45, 7) is 2.65. The third-order valence-corrected chi connectivity index (χ3v) is 3.98. The van der Waals surface area contributed by atoms with Crippen LogP contribution >= 0.6 is 0 Å². The third-order valence-electron chi connectivity index (χ3n) is 3.98. The number of anilines is 1. The summed E-state index contributed by atoms with van der Waals surface area (Å²) >= 11 is 0. The van der Waals surface area contributed by atoms with Gasteiger partial charge in [-0.2, -0.15) is 0 Å². The Labute approximate surface area is 141 Å². The van der Waals surface area contributed by atoms with Crippen molar-refractivity contribution in [1.29, 1.82) is 0 Å². The van der Waals surface area contributed by atoms with E-state index in [1.807, 2.05) is 6.92 Å². The van der Waals surface area contributed by atoms with E-state index in [4.69, 9.17) is 14.2 Å². The maximum Gasteiger partial charge on any atom is 0.227 e. The predicted octanol–water partition coefficient (Wildman–Crippen LogP) is 1.21. The van der Waals surface area contributed by atoms with Gasteiger partial charge in [0.25, 0.3) is 0 Å². The summed E-state index contributed by atoms with van der Waals surface area (Å²) in [5, 5.41) is 2.87. The van der Waals surface area contributed by atoms with E-state index in [1.54, 1.807) is 44.4 Å². The summed E-state index contributed by atoms with van der Waals surface area (Å²) in [5.41, 5.74) is 0.692. The van der Waals surface area contributed by atoms with Crippen LogP contribution in [0.15, 0.2) is 18.2 Å². The summed E-state index contributed by atoms with van der Waals surface area (Å²) in [6.07, 6.45) is 0.194. The van der Waals surface area contributed by atoms with E-state index in [0.717, 1.165) is 0 Å². The van der Waals surface area contributed by atoms with E-state index in [1.165, 1.54) is 0 Å². The molecule has 132 valence electrons. The first-order valence-corrected chi connectivity index (χ1v) is 7.81. The SMILES string of the molecule is COC[C@@H](C)NC(=O)[C@H]1CC(=O)N(c2ccc(OC)c(OC)c2)C1. The number of ether oxygens (including phenoxy) is 3. The standard InChI is InChI=1S/C17H24N2O5/c1-11(10-22-2)18-17(21)12-7-16(20)19(9-12)13-5-6-14(23-3)15(8-13)24-4/h5-6,8,11-12H,7,9-10H2,1-4H3,(H,18,21)/t11-,12+/m1/s1. The summed E-state index contributed by atoms with van der Waals surface area (Å²) in [5.74, 6) is 0.558. The van der Waals surface area contributed by atoms with Gasteiger partial charge in [0.05, 0.1) is 26.7 Å². The number of nitrogens with one attached hydrogen (secondary N) is 1. The molecule has 1 saturated heterocycles. The van der Waals surface area contributed by atoms with Gasteiger partial charge in [-0.15, -0.1) is 0 Å². The average molecular weight is 336 g/mol. The van der Waals surface area contributed by atoms with Crippen molar-refractivity contribution in [3.05, 3.63) is 18.2 Å². The van der Waals surface area contributed by atoms with Gasteiger partial charge in [-0.25, -0.2) is 0 Å². The maximum absolute atomic E-state index is 12.3. The van der Waals surface area contributed by atoms with E-state index in [-0.39, 0.29) is 30.2 Å². The molecule has 2 amide bonds. The minimum absolute atomic E-state index is 0.0817. The van der Waals surface area contributed by atoms with Crippen LogP contribution in [-0.2, 0) is 14.3 Å². The molecule has 0 bridgehead atoms. The summed E-state index contributed by atoms with van der Waals surface area (Å²) in [7, 11) is 4.68. The van der Waals surface area contributed by atoms with Crippen molar-refractivity contribution in [1.82, 2.24) is 5.32 Å². The zero-order valence-electron chi connectivity index (χ0n) is 14.5. The minimum atomic E-state index is -0.370. The fraction of sp³-hybridized carbons (Fsp3) is 0.529. The van der Waals surface area contributed by atoms with Crippen molar-refractivity contribution in [3.8, 4) is 11.5 Å². The number of methoxy groups -OCH3 is 3. The molecule has 0 aromatic heterocycles. The number of hydrogen-bond donors (Lipinski definition) is 1. The van der Waals surface area contributed by atoms with Crippen LogP contribution in [0.2, 0.25) is 0 Å². The van der Waals surface area contributed by atoms with Crippen LogP contribution in [0, 0.1) is 5.92 Å². The van der Waals surface area contributed by atoms with Crippen molar-refractivity contribution < 1.29 is 23.8 Å². The zero-order valence-corrected chi connectivity index (χ0v) is 14.5. The highest BCUT2D eigenvalue weighted by molar-refractivity contribution is 6.00. The van der Waals surface area contributed by atoms with Gasteiger partial charge in [-0.05, 0) is 19.1 Å². The molecule has 24 heavy (non-hydrogen) atoms. The Morgan fingerprint density at radius 3 is 2.62 bits per heavy atom. The van der Waals surface area contributed by atoms with Crippen molar-refractivity contribution in [3.63, 3.8) is 0 Å². The van der Waals surface area contributed by atoms with E-state index in [9.17, 15) is 9.59 Å². The fourth-order valence-electron chi connectivity index (χ4n) is 2.78. The quantitative estimate of drug-likeness (QED) is 0.810. The topological polar surface area (TPSA) is 77.1 Å². The minimum Gasteiger partial charge on any atom is -0.493 e. The molecule has 0 saturated carbocycles. The Kier molecular flexibility index (Phi) is 6.03. The van der Waals surface area contributed by atoms with E-state index < -0.39 is 0 Å². The van der Waals surface area contributed by atoms with E-state index >= 15 is 0 Å². The molecule has 0 aliphatic carbocycles. The second-order valence-electron chi connectivity index (χ2n) is 5.81. The highest BCUT2D eigenvalue weighted by Crippen LogP contribution is 2.34.